The molecule has 0 saturated heterocycles. The Hall–Kier alpha value is -3.66. The molecule has 168 valence electrons. The number of ether oxygens (including phenoxy) is 2. The third kappa shape index (κ3) is 5.52. The lowest BCUT2D eigenvalue weighted by atomic mass is 10.2. The highest BCUT2D eigenvalue weighted by Crippen LogP contribution is 2.28. The zero-order valence-electron chi connectivity index (χ0n) is 17.1. The Morgan fingerprint density at radius 1 is 1.00 bits per heavy atom. The number of hydrogen-bond donors (Lipinski definition) is 2. The summed E-state index contributed by atoms with van der Waals surface area (Å²) in [5.74, 6) is -0.431. The standard InChI is InChI=1S/C22H20F2N2O5S/c1-14-10-11-16(25-21(27)15-6-5-7-17(12-15)31-22(23)24)13-20(14)32(28,29)26-18-8-3-4-9-19(18)30-2/h3-13,22,26H,1-2H3,(H,25,27). The zero-order valence-corrected chi connectivity index (χ0v) is 18.0. The monoisotopic (exact) mass is 462 g/mol. The van der Waals surface area contributed by atoms with Crippen molar-refractivity contribution in [2.24, 2.45) is 0 Å². The van der Waals surface area contributed by atoms with E-state index in [4.69, 9.17) is 4.74 Å². The number of sulfonamides is 1. The van der Waals surface area contributed by atoms with Gasteiger partial charge in [0.2, 0.25) is 0 Å². The molecular weight excluding hydrogens is 442 g/mol. The number of aryl methyl sites for hydroxylation is 1. The number of alkyl halides is 2. The van der Waals surface area contributed by atoms with E-state index in [1.807, 2.05) is 0 Å². The molecule has 0 heterocycles. The first-order chi connectivity index (χ1) is 15.2. The molecule has 32 heavy (non-hydrogen) atoms. The van der Waals surface area contributed by atoms with Crippen LogP contribution in [0, 0.1) is 6.92 Å². The van der Waals surface area contributed by atoms with Crippen LogP contribution in [-0.4, -0.2) is 28.0 Å². The molecule has 3 aromatic carbocycles. The molecule has 0 aliphatic carbocycles. The molecule has 7 nitrogen and oxygen atoms in total. The van der Waals surface area contributed by atoms with E-state index < -0.39 is 22.5 Å². The van der Waals surface area contributed by atoms with Gasteiger partial charge in [-0.25, -0.2) is 8.42 Å². The summed E-state index contributed by atoms with van der Waals surface area (Å²) < 4.78 is 62.7. The molecule has 3 rings (SSSR count). The first-order valence-electron chi connectivity index (χ1n) is 9.32. The number of amides is 1. The van der Waals surface area contributed by atoms with Crippen LogP contribution in [0.25, 0.3) is 0 Å². The van der Waals surface area contributed by atoms with Crippen molar-refractivity contribution in [2.75, 3.05) is 17.1 Å². The largest absolute Gasteiger partial charge is 0.495 e. The van der Waals surface area contributed by atoms with E-state index in [9.17, 15) is 22.0 Å². The summed E-state index contributed by atoms with van der Waals surface area (Å²) in [6.45, 7) is -1.40. The number of methoxy groups -OCH3 is 1. The predicted molar refractivity (Wildman–Crippen MR) is 116 cm³/mol. The van der Waals surface area contributed by atoms with E-state index in [0.717, 1.165) is 6.07 Å². The molecule has 1 amide bonds. The fraction of sp³-hybridized carbons (Fsp3) is 0.136. The predicted octanol–water partition coefficient (Wildman–Crippen LogP) is 4.66. The van der Waals surface area contributed by atoms with Crippen molar-refractivity contribution < 1.29 is 31.5 Å². The minimum absolute atomic E-state index is 0.0454. The van der Waals surface area contributed by atoms with Crippen LogP contribution in [-0.2, 0) is 10.0 Å². The van der Waals surface area contributed by atoms with Crippen molar-refractivity contribution in [3.63, 3.8) is 0 Å². The molecule has 2 N–H and O–H groups in total. The summed E-state index contributed by atoms with van der Waals surface area (Å²) in [5, 5.41) is 2.57. The molecule has 0 spiro atoms. The first-order valence-corrected chi connectivity index (χ1v) is 10.8. The molecule has 10 heteroatoms. The number of carbonyl (C=O) groups excluding carboxylic acids is 1. The summed E-state index contributed by atoms with van der Waals surface area (Å²) in [5.41, 5.74) is 0.999. The minimum atomic E-state index is -4.00. The second-order valence-corrected chi connectivity index (χ2v) is 8.30. The van der Waals surface area contributed by atoms with Crippen LogP contribution in [0.15, 0.2) is 71.6 Å². The highest BCUT2D eigenvalue weighted by Gasteiger charge is 2.20. The van der Waals surface area contributed by atoms with Crippen molar-refractivity contribution in [3.05, 3.63) is 77.9 Å². The maximum atomic E-state index is 13.0. The van der Waals surface area contributed by atoms with Crippen molar-refractivity contribution in [1.29, 1.82) is 0 Å². The maximum Gasteiger partial charge on any atom is 0.387 e. The summed E-state index contributed by atoms with van der Waals surface area (Å²) in [4.78, 5) is 12.5. The minimum Gasteiger partial charge on any atom is -0.495 e. The van der Waals surface area contributed by atoms with Gasteiger partial charge >= 0.3 is 6.61 Å². The van der Waals surface area contributed by atoms with Crippen LogP contribution < -0.4 is 19.5 Å². The van der Waals surface area contributed by atoms with Crippen LogP contribution in [0.4, 0.5) is 20.2 Å². The second kappa shape index (κ2) is 9.65. The van der Waals surface area contributed by atoms with Crippen LogP contribution in [0.1, 0.15) is 15.9 Å². The number of anilines is 2. The highest BCUT2D eigenvalue weighted by molar-refractivity contribution is 7.92. The Morgan fingerprint density at radius 2 is 1.75 bits per heavy atom. The number of halogens is 2. The summed E-state index contributed by atoms with van der Waals surface area (Å²) in [6, 6.07) is 16.2. The zero-order chi connectivity index (χ0) is 23.3. The van der Waals surface area contributed by atoms with Gasteiger partial charge in [-0.2, -0.15) is 8.78 Å². The third-order valence-corrected chi connectivity index (χ3v) is 5.92. The molecule has 0 aromatic heterocycles. The molecule has 0 aliphatic rings. The van der Waals surface area contributed by atoms with Crippen molar-refractivity contribution in [1.82, 2.24) is 0 Å². The van der Waals surface area contributed by atoms with E-state index in [2.05, 4.69) is 14.8 Å². The third-order valence-electron chi connectivity index (χ3n) is 4.41. The molecule has 0 radical (unpaired) electrons. The lowest BCUT2D eigenvalue weighted by Crippen LogP contribution is -2.16. The molecule has 3 aromatic rings. The van der Waals surface area contributed by atoms with Crippen molar-refractivity contribution >= 4 is 27.3 Å². The molecule has 0 saturated carbocycles. The number of hydrogen-bond acceptors (Lipinski definition) is 5. The Labute approximate surface area is 184 Å². The average molecular weight is 462 g/mol. The van der Waals surface area contributed by atoms with Gasteiger partial charge in [0.25, 0.3) is 15.9 Å². The fourth-order valence-electron chi connectivity index (χ4n) is 2.91. The highest BCUT2D eigenvalue weighted by atomic mass is 32.2. The van der Waals surface area contributed by atoms with E-state index >= 15 is 0 Å². The summed E-state index contributed by atoms with van der Waals surface area (Å²) >= 11 is 0. The van der Waals surface area contributed by atoms with E-state index in [-0.39, 0.29) is 27.6 Å². The fourth-order valence-corrected chi connectivity index (χ4v) is 4.25. The van der Waals surface area contributed by atoms with E-state index in [0.29, 0.717) is 11.3 Å². The number of para-hydroxylation sites is 2. The molecule has 0 fully saturated rings. The van der Waals surface area contributed by atoms with Gasteiger partial charge in [0.1, 0.15) is 11.5 Å². The number of nitrogens with one attached hydrogen (secondary N) is 2. The average Bonchev–Trinajstić information content (AvgIpc) is 2.75. The van der Waals surface area contributed by atoms with Gasteiger partial charge in [-0.05, 0) is 55.0 Å². The Morgan fingerprint density at radius 3 is 2.47 bits per heavy atom. The van der Waals surface area contributed by atoms with Crippen molar-refractivity contribution in [3.8, 4) is 11.5 Å². The number of benzene rings is 3. The van der Waals surface area contributed by atoms with Crippen LogP contribution in [0.5, 0.6) is 11.5 Å². The molecule has 0 unspecified atom stereocenters. The van der Waals surface area contributed by atoms with Crippen LogP contribution in [0.3, 0.4) is 0 Å². The Bertz CT molecular complexity index is 1230. The lowest BCUT2D eigenvalue weighted by molar-refractivity contribution is -0.0498. The molecule has 0 bridgehead atoms. The van der Waals surface area contributed by atoms with Crippen molar-refractivity contribution in [2.45, 2.75) is 18.4 Å². The Kier molecular flexibility index (Phi) is 6.94. The van der Waals surface area contributed by atoms with Gasteiger partial charge < -0.3 is 14.8 Å². The van der Waals surface area contributed by atoms with Gasteiger partial charge in [0.05, 0.1) is 17.7 Å². The van der Waals surface area contributed by atoms with Gasteiger partial charge in [0.15, 0.2) is 0 Å². The second-order valence-electron chi connectivity index (χ2n) is 6.65. The first kappa shape index (κ1) is 23.0. The molecular formula is C22H20F2N2O5S. The van der Waals surface area contributed by atoms with Gasteiger partial charge in [-0.1, -0.05) is 24.3 Å². The topological polar surface area (TPSA) is 93.7 Å². The quantitative estimate of drug-likeness (QED) is 0.508. The van der Waals surface area contributed by atoms with Gasteiger partial charge in [-0.3, -0.25) is 9.52 Å². The summed E-state index contributed by atoms with van der Waals surface area (Å²) in [6.07, 6.45) is 0. The number of carbonyl (C=O) groups is 1. The van der Waals surface area contributed by atoms with Crippen LogP contribution in [0.2, 0.25) is 0 Å². The van der Waals surface area contributed by atoms with E-state index in [1.165, 1.54) is 37.4 Å². The Balaban J connectivity index is 1.85. The van der Waals surface area contributed by atoms with Gasteiger partial charge in [-0.15, -0.1) is 0 Å². The number of rotatable bonds is 8. The van der Waals surface area contributed by atoms with Crippen LogP contribution >= 0.6 is 0 Å². The SMILES string of the molecule is COc1ccccc1NS(=O)(=O)c1cc(NC(=O)c2cccc(OC(F)F)c2)ccc1C. The smallest absolute Gasteiger partial charge is 0.387 e. The van der Waals surface area contributed by atoms with Gasteiger partial charge in [0, 0.05) is 11.3 Å². The molecule has 0 aliphatic heterocycles. The normalized spacial score (nSPS) is 11.2. The molecule has 0 atom stereocenters. The maximum absolute atomic E-state index is 13.0. The summed E-state index contributed by atoms with van der Waals surface area (Å²) in [7, 11) is -2.58. The van der Waals surface area contributed by atoms with E-state index in [1.54, 1.807) is 37.3 Å². The lowest BCUT2D eigenvalue weighted by Gasteiger charge is -2.14.